The fraction of sp³-hybridized carbons (Fsp3) is 0.222. The van der Waals surface area contributed by atoms with E-state index in [-0.39, 0.29) is 0 Å². The molecule has 1 aromatic carbocycles. The minimum Gasteiger partial charge on any atom is -0.465 e. The second-order valence-electron chi connectivity index (χ2n) is 2.56. The third kappa shape index (κ3) is 2.14. The summed E-state index contributed by atoms with van der Waals surface area (Å²) in [4.78, 5) is 11.1. The number of carbonyl (C=O) groups excluding carboxylic acids is 1. The Morgan fingerprint density at radius 3 is 2.15 bits per heavy atom. The highest BCUT2D eigenvalue weighted by Gasteiger charge is 2.10. The van der Waals surface area contributed by atoms with Gasteiger partial charge in [0.05, 0.1) is 12.7 Å². The molecule has 0 aliphatic rings. The lowest BCUT2D eigenvalue weighted by Crippen LogP contribution is -2.01. The Labute approximate surface area is 86.4 Å². The van der Waals surface area contributed by atoms with Crippen molar-refractivity contribution in [3.63, 3.8) is 0 Å². The van der Waals surface area contributed by atoms with Crippen LogP contribution in [-0.4, -0.2) is 13.1 Å². The second-order valence-corrected chi connectivity index (χ2v) is 3.37. The molecule has 2 nitrogen and oxygen atoms in total. The van der Waals surface area contributed by atoms with E-state index in [0.717, 1.165) is 5.56 Å². The van der Waals surface area contributed by atoms with Gasteiger partial charge in [-0.05, 0) is 24.6 Å². The normalized spacial score (nSPS) is 9.85. The second kappa shape index (κ2) is 3.99. The fourth-order valence-electron chi connectivity index (χ4n) is 0.881. The Balaban J connectivity index is 3.20. The highest BCUT2D eigenvalue weighted by Crippen LogP contribution is 2.25. The molecule has 0 N–H and O–H groups in total. The van der Waals surface area contributed by atoms with Gasteiger partial charge in [-0.1, -0.05) is 23.2 Å². The van der Waals surface area contributed by atoms with Crippen molar-refractivity contribution in [2.45, 2.75) is 6.92 Å². The molecule has 70 valence electrons. The van der Waals surface area contributed by atoms with Gasteiger partial charge in [-0.3, -0.25) is 0 Å². The maximum Gasteiger partial charge on any atom is 0.337 e. The largest absolute Gasteiger partial charge is 0.465 e. The third-order valence-electron chi connectivity index (χ3n) is 1.70. The van der Waals surface area contributed by atoms with E-state index >= 15 is 0 Å². The van der Waals surface area contributed by atoms with Crippen molar-refractivity contribution in [3.8, 4) is 0 Å². The molecule has 0 bridgehead atoms. The van der Waals surface area contributed by atoms with Gasteiger partial charge in [0.25, 0.3) is 0 Å². The highest BCUT2D eigenvalue weighted by molar-refractivity contribution is 6.36. The Morgan fingerprint density at radius 2 is 1.77 bits per heavy atom. The van der Waals surface area contributed by atoms with E-state index in [1.165, 1.54) is 19.2 Å². The lowest BCUT2D eigenvalue weighted by atomic mass is 10.1. The summed E-state index contributed by atoms with van der Waals surface area (Å²) < 4.78 is 4.53. The summed E-state index contributed by atoms with van der Waals surface area (Å²) in [7, 11) is 1.31. The van der Waals surface area contributed by atoms with Crippen LogP contribution >= 0.6 is 23.2 Å². The molecule has 0 saturated heterocycles. The van der Waals surface area contributed by atoms with Crippen LogP contribution in [-0.2, 0) is 4.74 Å². The molecule has 1 rings (SSSR count). The van der Waals surface area contributed by atoms with Crippen LogP contribution in [0, 0.1) is 6.92 Å². The minimum absolute atomic E-state index is 0.364. The number of esters is 1. The van der Waals surface area contributed by atoms with Crippen LogP contribution in [0.4, 0.5) is 0 Å². The zero-order chi connectivity index (χ0) is 10.0. The number of halogens is 2. The summed E-state index contributed by atoms with van der Waals surface area (Å²) in [6.07, 6.45) is 0. The van der Waals surface area contributed by atoms with E-state index in [9.17, 15) is 4.79 Å². The topological polar surface area (TPSA) is 26.3 Å². The first-order chi connectivity index (χ1) is 6.06. The molecule has 0 spiro atoms. The molecule has 13 heavy (non-hydrogen) atoms. The van der Waals surface area contributed by atoms with Crippen molar-refractivity contribution in [2.75, 3.05) is 7.11 Å². The van der Waals surface area contributed by atoms with Crippen molar-refractivity contribution in [2.24, 2.45) is 0 Å². The van der Waals surface area contributed by atoms with Crippen LogP contribution in [0.25, 0.3) is 0 Å². The Hall–Kier alpha value is -0.730. The van der Waals surface area contributed by atoms with E-state index in [0.29, 0.717) is 15.6 Å². The van der Waals surface area contributed by atoms with Crippen LogP contribution in [0.2, 0.25) is 10.0 Å². The van der Waals surface area contributed by atoms with Gasteiger partial charge in [0, 0.05) is 10.0 Å². The van der Waals surface area contributed by atoms with Crippen molar-refractivity contribution >= 4 is 29.2 Å². The minimum atomic E-state index is -0.441. The number of hydrogen-bond acceptors (Lipinski definition) is 2. The Bertz CT molecular complexity index is 324. The average molecular weight is 219 g/mol. The lowest BCUT2D eigenvalue weighted by molar-refractivity contribution is 0.0601. The van der Waals surface area contributed by atoms with Gasteiger partial charge in [-0.15, -0.1) is 0 Å². The van der Waals surface area contributed by atoms with Gasteiger partial charge in [0.2, 0.25) is 0 Å². The molecule has 0 heterocycles. The molecule has 0 saturated carbocycles. The lowest BCUT2D eigenvalue weighted by Gasteiger charge is -2.04. The molecule has 0 amide bonds. The summed E-state index contributed by atoms with van der Waals surface area (Å²) in [6, 6.07) is 3.07. The van der Waals surface area contributed by atoms with E-state index in [4.69, 9.17) is 23.2 Å². The molecule has 0 atom stereocenters. The molecule has 4 heteroatoms. The summed E-state index contributed by atoms with van der Waals surface area (Å²) in [5.41, 5.74) is 1.12. The van der Waals surface area contributed by atoms with Crippen LogP contribution in [0.3, 0.4) is 0 Å². The van der Waals surface area contributed by atoms with Crippen LogP contribution in [0.1, 0.15) is 15.9 Å². The zero-order valence-corrected chi connectivity index (χ0v) is 8.74. The summed E-state index contributed by atoms with van der Waals surface area (Å²) in [6.45, 7) is 1.78. The molecule has 0 radical (unpaired) electrons. The first kappa shape index (κ1) is 10.4. The van der Waals surface area contributed by atoms with E-state index in [1.807, 2.05) is 0 Å². The first-order valence-electron chi connectivity index (χ1n) is 3.60. The molecular formula is C9H8Cl2O2. The van der Waals surface area contributed by atoms with Gasteiger partial charge in [-0.25, -0.2) is 4.79 Å². The van der Waals surface area contributed by atoms with Gasteiger partial charge >= 0.3 is 5.97 Å². The molecule has 0 aliphatic heterocycles. The predicted molar refractivity (Wildman–Crippen MR) is 52.5 cm³/mol. The molecule has 0 unspecified atom stereocenters. The standard InChI is InChI=1S/C9H8Cl2O2/c1-5-7(10)3-6(4-8(5)11)9(12)13-2/h3-4H,1-2H3. The Morgan fingerprint density at radius 1 is 1.31 bits per heavy atom. The third-order valence-corrected chi connectivity index (χ3v) is 2.49. The van der Waals surface area contributed by atoms with Gasteiger partial charge in [0.15, 0.2) is 0 Å². The van der Waals surface area contributed by atoms with Crippen molar-refractivity contribution < 1.29 is 9.53 Å². The first-order valence-corrected chi connectivity index (χ1v) is 4.36. The van der Waals surface area contributed by atoms with Gasteiger partial charge < -0.3 is 4.74 Å². The van der Waals surface area contributed by atoms with E-state index in [1.54, 1.807) is 6.92 Å². The maximum absolute atomic E-state index is 11.1. The molecule has 0 fully saturated rings. The van der Waals surface area contributed by atoms with E-state index < -0.39 is 5.97 Å². The van der Waals surface area contributed by atoms with Gasteiger partial charge in [-0.2, -0.15) is 0 Å². The monoisotopic (exact) mass is 218 g/mol. The van der Waals surface area contributed by atoms with Crippen LogP contribution in [0.5, 0.6) is 0 Å². The SMILES string of the molecule is COC(=O)c1cc(Cl)c(C)c(Cl)c1. The fourth-order valence-corrected chi connectivity index (χ4v) is 1.37. The van der Waals surface area contributed by atoms with E-state index in [2.05, 4.69) is 4.74 Å². The maximum atomic E-state index is 11.1. The van der Waals surface area contributed by atoms with Gasteiger partial charge in [0.1, 0.15) is 0 Å². The van der Waals surface area contributed by atoms with Crippen LogP contribution < -0.4 is 0 Å². The smallest absolute Gasteiger partial charge is 0.337 e. The van der Waals surface area contributed by atoms with Crippen molar-refractivity contribution in [1.82, 2.24) is 0 Å². The highest BCUT2D eigenvalue weighted by atomic mass is 35.5. The summed E-state index contributed by atoms with van der Waals surface area (Å²) in [5, 5.41) is 0.931. The van der Waals surface area contributed by atoms with Crippen molar-refractivity contribution in [3.05, 3.63) is 33.3 Å². The number of hydrogen-bond donors (Lipinski definition) is 0. The number of ether oxygens (including phenoxy) is 1. The zero-order valence-electron chi connectivity index (χ0n) is 7.23. The number of carbonyl (C=O) groups is 1. The van der Waals surface area contributed by atoms with Crippen LogP contribution in [0.15, 0.2) is 12.1 Å². The number of methoxy groups -OCH3 is 1. The predicted octanol–water partition coefficient (Wildman–Crippen LogP) is 3.09. The van der Waals surface area contributed by atoms with Crippen molar-refractivity contribution in [1.29, 1.82) is 0 Å². The Kier molecular flexibility index (Phi) is 3.17. The summed E-state index contributed by atoms with van der Waals surface area (Å²) in [5.74, 6) is -0.441. The average Bonchev–Trinajstić information content (AvgIpc) is 2.12. The molecule has 0 aromatic heterocycles. The quantitative estimate of drug-likeness (QED) is 0.678. The molecule has 0 aliphatic carbocycles. The number of rotatable bonds is 1. The molecule has 1 aromatic rings. The number of benzene rings is 1. The summed E-state index contributed by atoms with van der Waals surface area (Å²) >= 11 is 11.7. The molecular weight excluding hydrogens is 211 g/mol.